The fraction of sp³-hybridized carbons (Fsp3) is 0. The van der Waals surface area contributed by atoms with E-state index in [2.05, 4.69) is 6.58 Å². The Morgan fingerprint density at radius 2 is 2.29 bits per heavy atom. The number of thiophene rings is 1. The second-order valence-corrected chi connectivity index (χ2v) is 4.07. The molecule has 2 rings (SSSR count). The molecule has 70 valence electrons. The lowest BCUT2D eigenvalue weighted by molar-refractivity contribution is 1.46. The van der Waals surface area contributed by atoms with Gasteiger partial charge in [0.25, 0.3) is 0 Å². The van der Waals surface area contributed by atoms with Crippen molar-refractivity contribution in [2.75, 3.05) is 0 Å². The predicted octanol–water partition coefficient (Wildman–Crippen LogP) is 2.83. The lowest BCUT2D eigenvalue weighted by atomic mass is 10.1. The van der Waals surface area contributed by atoms with Crippen LogP contribution < -0.4 is 5.73 Å². The van der Waals surface area contributed by atoms with Crippen LogP contribution in [0.5, 0.6) is 0 Å². The molecule has 2 aromatic rings. The Labute approximate surface area is 86.2 Å². The minimum Gasteiger partial charge on any atom is -0.383 e. The average Bonchev–Trinajstić information content (AvgIpc) is 2.60. The molecule has 0 bridgehead atoms. The van der Waals surface area contributed by atoms with Crippen molar-refractivity contribution in [3.8, 4) is 0 Å². The minimum atomic E-state index is 0.126. The van der Waals surface area contributed by atoms with Gasteiger partial charge < -0.3 is 5.73 Å². The summed E-state index contributed by atoms with van der Waals surface area (Å²) in [6.45, 7) is 3.75. The highest BCUT2D eigenvalue weighted by molar-refractivity contribution is 7.20. The molecular formula is C11H10N2S. The summed E-state index contributed by atoms with van der Waals surface area (Å²) in [6.07, 6.45) is 1.82. The van der Waals surface area contributed by atoms with Crippen molar-refractivity contribution in [3.05, 3.63) is 41.3 Å². The van der Waals surface area contributed by atoms with E-state index in [-0.39, 0.29) is 5.84 Å². The van der Waals surface area contributed by atoms with Gasteiger partial charge in [-0.1, -0.05) is 24.8 Å². The maximum Gasteiger partial charge on any atom is 0.133 e. The lowest BCUT2D eigenvalue weighted by Gasteiger charge is -1.93. The molecule has 0 saturated heterocycles. The Hall–Kier alpha value is -1.61. The summed E-state index contributed by atoms with van der Waals surface area (Å²) in [7, 11) is 0. The molecule has 1 aromatic heterocycles. The summed E-state index contributed by atoms with van der Waals surface area (Å²) in [5, 5.41) is 8.48. The normalized spacial score (nSPS) is 10.3. The summed E-state index contributed by atoms with van der Waals surface area (Å²) in [5.74, 6) is 0.126. The van der Waals surface area contributed by atoms with Crippen LogP contribution in [0.2, 0.25) is 0 Å². The predicted molar refractivity (Wildman–Crippen MR) is 62.9 cm³/mol. The van der Waals surface area contributed by atoms with Gasteiger partial charge in [0, 0.05) is 10.1 Å². The Bertz CT molecular complexity index is 511. The maximum atomic E-state index is 7.36. The number of rotatable bonds is 2. The van der Waals surface area contributed by atoms with Gasteiger partial charge in [-0.2, -0.15) is 0 Å². The molecule has 3 heteroatoms. The summed E-state index contributed by atoms with van der Waals surface area (Å²) >= 11 is 1.54. The molecule has 0 fully saturated rings. The Morgan fingerprint density at radius 1 is 1.50 bits per heavy atom. The van der Waals surface area contributed by atoms with E-state index >= 15 is 0 Å². The van der Waals surface area contributed by atoms with E-state index in [1.807, 2.05) is 30.3 Å². The first-order valence-electron chi connectivity index (χ1n) is 4.22. The largest absolute Gasteiger partial charge is 0.383 e. The molecule has 1 heterocycles. The summed E-state index contributed by atoms with van der Waals surface area (Å²) in [4.78, 5) is 0.814. The molecule has 2 nitrogen and oxygen atoms in total. The van der Waals surface area contributed by atoms with Crippen molar-refractivity contribution < 1.29 is 0 Å². The Balaban J connectivity index is 2.76. The van der Waals surface area contributed by atoms with Crippen LogP contribution in [0.4, 0.5) is 0 Å². The third-order valence-electron chi connectivity index (χ3n) is 2.08. The van der Waals surface area contributed by atoms with Crippen molar-refractivity contribution in [1.82, 2.24) is 0 Å². The average molecular weight is 202 g/mol. The van der Waals surface area contributed by atoms with E-state index < -0.39 is 0 Å². The molecule has 0 aliphatic rings. The van der Waals surface area contributed by atoms with Gasteiger partial charge in [0.2, 0.25) is 0 Å². The molecule has 3 N–H and O–H groups in total. The number of nitrogen functional groups attached to an aromatic ring is 1. The molecule has 0 unspecified atom stereocenters. The first-order valence-corrected chi connectivity index (χ1v) is 5.03. The van der Waals surface area contributed by atoms with Crippen LogP contribution >= 0.6 is 11.3 Å². The van der Waals surface area contributed by atoms with Crippen LogP contribution in [0.1, 0.15) is 10.4 Å². The van der Waals surface area contributed by atoms with Crippen molar-refractivity contribution in [2.45, 2.75) is 0 Å². The fourth-order valence-corrected chi connectivity index (χ4v) is 2.35. The zero-order chi connectivity index (χ0) is 10.1. The highest BCUT2D eigenvalue weighted by atomic mass is 32.1. The van der Waals surface area contributed by atoms with Crippen molar-refractivity contribution >= 4 is 33.3 Å². The van der Waals surface area contributed by atoms with Crippen LogP contribution in [0.15, 0.2) is 30.8 Å². The Kier molecular flexibility index (Phi) is 2.09. The molecule has 0 aliphatic carbocycles. The topological polar surface area (TPSA) is 49.9 Å². The molecule has 0 atom stereocenters. The Morgan fingerprint density at radius 3 is 2.93 bits per heavy atom. The summed E-state index contributed by atoms with van der Waals surface area (Å²) in [6, 6.07) is 7.96. The standard InChI is InChI=1S/C11H10N2S/c1-2-7-4-3-5-9-8(7)6-10(14-9)11(12)13/h2-6H,1H2,(H3,12,13). The van der Waals surface area contributed by atoms with Crippen molar-refractivity contribution in [2.24, 2.45) is 5.73 Å². The summed E-state index contributed by atoms with van der Waals surface area (Å²) < 4.78 is 1.15. The lowest BCUT2D eigenvalue weighted by Crippen LogP contribution is -2.08. The van der Waals surface area contributed by atoms with Gasteiger partial charge in [0.1, 0.15) is 5.84 Å². The highest BCUT2D eigenvalue weighted by Crippen LogP contribution is 2.28. The van der Waals surface area contributed by atoms with Crippen molar-refractivity contribution in [3.63, 3.8) is 0 Å². The van der Waals surface area contributed by atoms with Crippen LogP contribution in [0.3, 0.4) is 0 Å². The highest BCUT2D eigenvalue weighted by Gasteiger charge is 2.05. The number of fused-ring (bicyclic) bond motifs is 1. The molecule has 1 aromatic carbocycles. The van der Waals surface area contributed by atoms with Gasteiger partial charge in [-0.15, -0.1) is 11.3 Å². The van der Waals surface area contributed by atoms with Crippen LogP contribution in [-0.4, -0.2) is 5.84 Å². The van der Waals surface area contributed by atoms with E-state index in [9.17, 15) is 0 Å². The van der Waals surface area contributed by atoms with Crippen LogP contribution in [0.25, 0.3) is 16.2 Å². The fourth-order valence-electron chi connectivity index (χ4n) is 1.39. The zero-order valence-corrected chi connectivity index (χ0v) is 8.40. The third-order valence-corrected chi connectivity index (χ3v) is 3.21. The van der Waals surface area contributed by atoms with Gasteiger partial charge in [0.15, 0.2) is 0 Å². The minimum absolute atomic E-state index is 0.126. The first kappa shape index (κ1) is 8.97. The monoisotopic (exact) mass is 202 g/mol. The smallest absolute Gasteiger partial charge is 0.133 e. The van der Waals surface area contributed by atoms with Crippen LogP contribution in [-0.2, 0) is 0 Å². The van der Waals surface area contributed by atoms with Crippen LogP contribution in [0, 0.1) is 5.41 Å². The molecule has 0 spiro atoms. The van der Waals surface area contributed by atoms with E-state index in [1.54, 1.807) is 0 Å². The van der Waals surface area contributed by atoms with E-state index in [4.69, 9.17) is 11.1 Å². The number of nitrogens with one attached hydrogen (secondary N) is 1. The third kappa shape index (κ3) is 1.32. The molecule has 0 aliphatic heterocycles. The number of amidine groups is 1. The van der Waals surface area contributed by atoms with E-state index in [0.717, 1.165) is 20.5 Å². The maximum absolute atomic E-state index is 7.36. The van der Waals surface area contributed by atoms with E-state index in [1.165, 1.54) is 11.3 Å². The van der Waals surface area contributed by atoms with Crippen molar-refractivity contribution in [1.29, 1.82) is 5.41 Å². The second kappa shape index (κ2) is 3.27. The van der Waals surface area contributed by atoms with Gasteiger partial charge in [-0.3, -0.25) is 5.41 Å². The number of hydrogen-bond acceptors (Lipinski definition) is 2. The number of benzene rings is 1. The molecular weight excluding hydrogens is 192 g/mol. The van der Waals surface area contributed by atoms with Gasteiger partial charge >= 0.3 is 0 Å². The molecule has 0 amide bonds. The van der Waals surface area contributed by atoms with E-state index in [0.29, 0.717) is 0 Å². The number of nitrogens with two attached hydrogens (primary N) is 1. The zero-order valence-electron chi connectivity index (χ0n) is 7.58. The quantitative estimate of drug-likeness (QED) is 0.571. The van der Waals surface area contributed by atoms with Gasteiger partial charge in [-0.25, -0.2) is 0 Å². The molecule has 14 heavy (non-hydrogen) atoms. The first-order chi connectivity index (χ1) is 6.72. The molecule has 0 radical (unpaired) electrons. The summed E-state index contributed by atoms with van der Waals surface area (Å²) in [5.41, 5.74) is 6.53. The second-order valence-electron chi connectivity index (χ2n) is 2.99. The number of hydrogen-bond donors (Lipinski definition) is 2. The van der Waals surface area contributed by atoms with Gasteiger partial charge in [-0.05, 0) is 17.7 Å². The molecule has 0 saturated carbocycles. The SMILES string of the molecule is C=Cc1cccc2sc(C(=N)N)cc12. The van der Waals surface area contributed by atoms with Gasteiger partial charge in [0.05, 0.1) is 4.88 Å².